The van der Waals surface area contributed by atoms with Gasteiger partial charge in [-0.15, -0.1) is 0 Å². The van der Waals surface area contributed by atoms with Crippen LogP contribution in [0.1, 0.15) is 18.7 Å². The van der Waals surface area contributed by atoms with Gasteiger partial charge in [0, 0.05) is 38.8 Å². The van der Waals surface area contributed by atoms with E-state index in [1.807, 2.05) is 37.2 Å². The zero-order chi connectivity index (χ0) is 16.9. The minimum atomic E-state index is -0.00649. The molecule has 1 aromatic heterocycles. The molecule has 7 heteroatoms. The van der Waals surface area contributed by atoms with Crippen molar-refractivity contribution in [2.45, 2.75) is 24.9 Å². The minimum Gasteiger partial charge on any atom is -0.336 e. The molecule has 1 aromatic carbocycles. The normalized spacial score (nSPS) is 21.0. The van der Waals surface area contributed by atoms with Crippen molar-refractivity contribution in [3.05, 3.63) is 29.0 Å². The van der Waals surface area contributed by atoms with E-state index in [0.717, 1.165) is 60.9 Å². The largest absolute Gasteiger partial charge is 0.336 e. The fraction of sp³-hybridized carbons (Fsp3) is 0.529. The summed E-state index contributed by atoms with van der Waals surface area (Å²) in [5.74, 6) is 1.05. The quantitative estimate of drug-likeness (QED) is 0.906. The SMILES string of the molecule is CN1C(=O)NCC12CCN(Cc1nc3ccc(Cl)cc3n1C)CC2. The summed E-state index contributed by atoms with van der Waals surface area (Å²) in [6.07, 6.45) is 2.00. The Morgan fingerprint density at radius 1 is 1.29 bits per heavy atom. The van der Waals surface area contributed by atoms with Crippen molar-refractivity contribution < 1.29 is 4.79 Å². The lowest BCUT2D eigenvalue weighted by Gasteiger charge is -2.42. The van der Waals surface area contributed by atoms with Crippen LogP contribution in [0.2, 0.25) is 5.02 Å². The Bertz CT molecular complexity index is 794. The topological polar surface area (TPSA) is 53.4 Å². The number of nitrogens with one attached hydrogen (secondary N) is 1. The van der Waals surface area contributed by atoms with Crippen LogP contribution in [0.15, 0.2) is 18.2 Å². The molecule has 24 heavy (non-hydrogen) atoms. The van der Waals surface area contributed by atoms with Gasteiger partial charge in [0.2, 0.25) is 0 Å². The number of hydrogen-bond acceptors (Lipinski definition) is 3. The van der Waals surface area contributed by atoms with Gasteiger partial charge in [-0.3, -0.25) is 4.90 Å². The van der Waals surface area contributed by atoms with Crippen molar-refractivity contribution in [2.75, 3.05) is 26.7 Å². The number of amides is 2. The third-order valence-electron chi connectivity index (χ3n) is 5.67. The molecule has 2 saturated heterocycles. The molecule has 1 N–H and O–H groups in total. The average Bonchev–Trinajstić information content (AvgIpc) is 3.03. The monoisotopic (exact) mass is 347 g/mol. The van der Waals surface area contributed by atoms with Crippen LogP contribution in [-0.4, -0.2) is 57.6 Å². The summed E-state index contributed by atoms with van der Waals surface area (Å²) in [6, 6.07) is 5.86. The number of piperidine rings is 1. The predicted octanol–water partition coefficient (Wildman–Crippen LogP) is 2.22. The van der Waals surface area contributed by atoms with Crippen molar-refractivity contribution in [2.24, 2.45) is 7.05 Å². The van der Waals surface area contributed by atoms with Gasteiger partial charge in [0.05, 0.1) is 23.1 Å². The number of aryl methyl sites for hydroxylation is 1. The maximum absolute atomic E-state index is 11.8. The molecule has 2 aliphatic heterocycles. The summed E-state index contributed by atoms with van der Waals surface area (Å²) in [5, 5.41) is 3.70. The van der Waals surface area contributed by atoms with E-state index in [1.165, 1.54) is 0 Å². The Morgan fingerprint density at radius 3 is 2.71 bits per heavy atom. The Labute approximate surface area is 146 Å². The van der Waals surface area contributed by atoms with E-state index in [2.05, 4.69) is 14.8 Å². The van der Waals surface area contributed by atoms with Gasteiger partial charge >= 0.3 is 6.03 Å². The highest BCUT2D eigenvalue weighted by Crippen LogP contribution is 2.31. The second-order valence-corrected chi connectivity index (χ2v) is 7.37. The number of rotatable bonds is 2. The van der Waals surface area contributed by atoms with E-state index in [0.29, 0.717) is 0 Å². The van der Waals surface area contributed by atoms with Gasteiger partial charge in [-0.25, -0.2) is 9.78 Å². The molecule has 2 aliphatic rings. The molecule has 2 amide bonds. The molecular formula is C17H22ClN5O. The number of aromatic nitrogens is 2. The predicted molar refractivity (Wildman–Crippen MR) is 94.1 cm³/mol. The fourth-order valence-corrected chi connectivity index (χ4v) is 4.05. The van der Waals surface area contributed by atoms with Crippen molar-refractivity contribution in [3.63, 3.8) is 0 Å². The molecule has 2 fully saturated rings. The average molecular weight is 348 g/mol. The molecule has 4 rings (SSSR count). The first-order chi connectivity index (χ1) is 11.5. The summed E-state index contributed by atoms with van der Waals surface area (Å²) in [7, 11) is 3.95. The van der Waals surface area contributed by atoms with E-state index < -0.39 is 0 Å². The second kappa shape index (κ2) is 5.63. The number of halogens is 1. The zero-order valence-electron chi connectivity index (χ0n) is 14.0. The number of urea groups is 1. The number of carbonyl (C=O) groups is 1. The smallest absolute Gasteiger partial charge is 0.317 e. The number of fused-ring (bicyclic) bond motifs is 1. The first kappa shape index (κ1) is 15.7. The van der Waals surface area contributed by atoms with E-state index in [4.69, 9.17) is 16.6 Å². The molecule has 3 heterocycles. The molecule has 0 aliphatic carbocycles. The van der Waals surface area contributed by atoms with Crippen LogP contribution in [0, 0.1) is 0 Å². The number of nitrogens with zero attached hydrogens (tertiary/aromatic N) is 4. The first-order valence-corrected chi connectivity index (χ1v) is 8.71. The molecule has 0 bridgehead atoms. The summed E-state index contributed by atoms with van der Waals surface area (Å²) >= 11 is 6.10. The number of likely N-dealkylation sites (tertiary alicyclic amines) is 1. The van der Waals surface area contributed by atoms with Crippen LogP contribution in [0.5, 0.6) is 0 Å². The lowest BCUT2D eigenvalue weighted by molar-refractivity contribution is 0.0854. The van der Waals surface area contributed by atoms with Gasteiger partial charge in [0.15, 0.2) is 0 Å². The Morgan fingerprint density at radius 2 is 2.04 bits per heavy atom. The molecule has 0 unspecified atom stereocenters. The summed E-state index contributed by atoms with van der Waals surface area (Å²) < 4.78 is 2.12. The van der Waals surface area contributed by atoms with Crippen LogP contribution in [0.3, 0.4) is 0 Å². The van der Waals surface area contributed by atoms with Gasteiger partial charge in [-0.2, -0.15) is 0 Å². The number of likely N-dealkylation sites (N-methyl/N-ethyl adjacent to an activating group) is 1. The molecule has 6 nitrogen and oxygen atoms in total. The Balaban J connectivity index is 1.48. The van der Waals surface area contributed by atoms with Crippen molar-refractivity contribution in [1.82, 2.24) is 24.7 Å². The van der Waals surface area contributed by atoms with Crippen LogP contribution in [-0.2, 0) is 13.6 Å². The number of benzene rings is 1. The van der Waals surface area contributed by atoms with E-state index in [-0.39, 0.29) is 11.6 Å². The van der Waals surface area contributed by atoms with Crippen LogP contribution >= 0.6 is 11.6 Å². The maximum atomic E-state index is 11.8. The lowest BCUT2D eigenvalue weighted by Crippen LogP contribution is -2.52. The van der Waals surface area contributed by atoms with E-state index in [1.54, 1.807) is 0 Å². The Kier molecular flexibility index (Phi) is 3.69. The van der Waals surface area contributed by atoms with Crippen molar-refractivity contribution in [3.8, 4) is 0 Å². The summed E-state index contributed by atoms with van der Waals surface area (Å²) in [4.78, 5) is 20.8. The first-order valence-electron chi connectivity index (χ1n) is 8.33. The molecule has 0 saturated carbocycles. The fourth-order valence-electron chi connectivity index (χ4n) is 3.89. The van der Waals surface area contributed by atoms with Crippen LogP contribution < -0.4 is 5.32 Å². The zero-order valence-corrected chi connectivity index (χ0v) is 14.8. The van der Waals surface area contributed by atoms with Gasteiger partial charge in [-0.05, 0) is 31.0 Å². The van der Waals surface area contributed by atoms with Gasteiger partial charge < -0.3 is 14.8 Å². The minimum absolute atomic E-state index is 0.00649. The van der Waals surface area contributed by atoms with Gasteiger partial charge in [-0.1, -0.05) is 11.6 Å². The molecule has 128 valence electrons. The lowest BCUT2D eigenvalue weighted by atomic mass is 9.87. The highest BCUT2D eigenvalue weighted by molar-refractivity contribution is 6.31. The number of hydrogen-bond donors (Lipinski definition) is 1. The van der Waals surface area contributed by atoms with Gasteiger partial charge in [0.1, 0.15) is 5.82 Å². The van der Waals surface area contributed by atoms with E-state index >= 15 is 0 Å². The molecule has 2 aromatic rings. The second-order valence-electron chi connectivity index (χ2n) is 6.94. The molecule has 1 spiro atoms. The molecular weight excluding hydrogens is 326 g/mol. The number of carbonyl (C=O) groups excluding carboxylic acids is 1. The van der Waals surface area contributed by atoms with Crippen LogP contribution in [0.25, 0.3) is 11.0 Å². The highest BCUT2D eigenvalue weighted by atomic mass is 35.5. The van der Waals surface area contributed by atoms with Gasteiger partial charge in [0.25, 0.3) is 0 Å². The van der Waals surface area contributed by atoms with Crippen LogP contribution in [0.4, 0.5) is 4.79 Å². The number of imidazole rings is 1. The molecule has 0 radical (unpaired) electrons. The third-order valence-corrected chi connectivity index (χ3v) is 5.91. The van der Waals surface area contributed by atoms with Crippen molar-refractivity contribution in [1.29, 1.82) is 0 Å². The third kappa shape index (κ3) is 2.45. The summed E-state index contributed by atoms with van der Waals surface area (Å²) in [6.45, 7) is 3.54. The van der Waals surface area contributed by atoms with E-state index in [9.17, 15) is 4.79 Å². The standard InChI is InChI=1S/C17H22ClN5O/c1-21-14-9-12(18)3-4-13(14)20-15(21)10-23-7-5-17(6-8-23)11-19-16(24)22(17)2/h3-4,9H,5-8,10-11H2,1-2H3,(H,19,24). The highest BCUT2D eigenvalue weighted by Gasteiger charge is 2.45. The maximum Gasteiger partial charge on any atom is 0.317 e. The Hall–Kier alpha value is -1.79. The summed E-state index contributed by atoms with van der Waals surface area (Å²) in [5.41, 5.74) is 2.04. The van der Waals surface area contributed by atoms with Crippen molar-refractivity contribution >= 4 is 28.7 Å². The molecule has 0 atom stereocenters.